The van der Waals surface area contributed by atoms with Crippen LogP contribution in [0.4, 0.5) is 0 Å². The molecule has 0 amide bonds. The Kier molecular flexibility index (Phi) is 3.86. The van der Waals surface area contributed by atoms with Crippen molar-refractivity contribution in [1.29, 1.82) is 0 Å². The zero-order chi connectivity index (χ0) is 15.7. The van der Waals surface area contributed by atoms with Gasteiger partial charge in [0.05, 0.1) is 0 Å². The molecule has 0 saturated heterocycles. The molecule has 1 aliphatic carbocycles. The summed E-state index contributed by atoms with van der Waals surface area (Å²) in [7, 11) is 0. The van der Waals surface area contributed by atoms with Crippen LogP contribution in [0.3, 0.4) is 0 Å². The molecule has 2 unspecified atom stereocenters. The monoisotopic (exact) mass is 296 g/mol. The summed E-state index contributed by atoms with van der Waals surface area (Å²) in [6.45, 7) is 4.67. The average molecular weight is 296 g/mol. The van der Waals surface area contributed by atoms with Crippen LogP contribution in [0.5, 0.6) is 11.5 Å². The lowest BCUT2D eigenvalue weighted by molar-refractivity contribution is 0.172. The summed E-state index contributed by atoms with van der Waals surface area (Å²) >= 11 is 0. The number of aromatic hydroxyl groups is 2. The zero-order valence-electron chi connectivity index (χ0n) is 13.3. The third-order valence-electron chi connectivity index (χ3n) is 5.63. The van der Waals surface area contributed by atoms with Gasteiger partial charge in [0.25, 0.3) is 0 Å². The fourth-order valence-corrected chi connectivity index (χ4v) is 4.17. The van der Waals surface area contributed by atoms with E-state index in [1.54, 1.807) is 24.3 Å². The molecule has 1 aliphatic rings. The summed E-state index contributed by atoms with van der Waals surface area (Å²) < 4.78 is 0. The van der Waals surface area contributed by atoms with Crippen LogP contribution in [0, 0.1) is 11.8 Å². The van der Waals surface area contributed by atoms with Gasteiger partial charge >= 0.3 is 0 Å². The van der Waals surface area contributed by atoms with Crippen LogP contribution in [0.25, 0.3) is 0 Å². The Labute approximate surface area is 132 Å². The number of phenols is 2. The van der Waals surface area contributed by atoms with Crippen LogP contribution in [-0.2, 0) is 5.41 Å². The first-order chi connectivity index (χ1) is 10.5. The first-order valence-corrected chi connectivity index (χ1v) is 8.13. The van der Waals surface area contributed by atoms with E-state index in [2.05, 4.69) is 38.1 Å². The van der Waals surface area contributed by atoms with E-state index in [1.807, 2.05) is 0 Å². The molecule has 1 fully saturated rings. The molecule has 0 heterocycles. The van der Waals surface area contributed by atoms with E-state index >= 15 is 0 Å². The van der Waals surface area contributed by atoms with E-state index in [-0.39, 0.29) is 5.41 Å². The molecule has 2 aromatic carbocycles. The molecule has 116 valence electrons. The highest BCUT2D eigenvalue weighted by Gasteiger charge is 2.44. The minimum Gasteiger partial charge on any atom is -0.508 e. The van der Waals surface area contributed by atoms with E-state index < -0.39 is 0 Å². The molecule has 0 radical (unpaired) electrons. The topological polar surface area (TPSA) is 40.5 Å². The summed E-state index contributed by atoms with van der Waals surface area (Å²) in [6, 6.07) is 15.3. The molecule has 1 saturated carbocycles. The lowest BCUT2D eigenvalue weighted by Gasteiger charge is -2.47. The lowest BCUT2D eigenvalue weighted by atomic mass is 9.57. The molecule has 2 aromatic rings. The van der Waals surface area contributed by atoms with Crippen molar-refractivity contribution in [2.45, 2.75) is 38.5 Å². The summed E-state index contributed by atoms with van der Waals surface area (Å²) in [5, 5.41) is 19.3. The molecule has 2 nitrogen and oxygen atoms in total. The van der Waals surface area contributed by atoms with E-state index in [9.17, 15) is 10.2 Å². The van der Waals surface area contributed by atoms with Crippen LogP contribution < -0.4 is 0 Å². The Morgan fingerprint density at radius 3 is 1.73 bits per heavy atom. The summed E-state index contributed by atoms with van der Waals surface area (Å²) in [6.07, 6.45) is 3.57. The Balaban J connectivity index is 2.17. The minimum absolute atomic E-state index is 0.0426. The second-order valence-electron chi connectivity index (χ2n) is 6.72. The third kappa shape index (κ3) is 2.37. The first-order valence-electron chi connectivity index (χ1n) is 8.13. The number of benzene rings is 2. The second kappa shape index (κ2) is 5.68. The summed E-state index contributed by atoms with van der Waals surface area (Å²) in [5.41, 5.74) is 2.48. The Bertz CT molecular complexity index is 582. The molecule has 0 bridgehead atoms. The second-order valence-corrected chi connectivity index (χ2v) is 6.72. The van der Waals surface area contributed by atoms with Crippen molar-refractivity contribution in [3.8, 4) is 11.5 Å². The van der Waals surface area contributed by atoms with Gasteiger partial charge in [-0.3, -0.25) is 0 Å². The van der Waals surface area contributed by atoms with Gasteiger partial charge < -0.3 is 10.2 Å². The first kappa shape index (κ1) is 15.0. The molecular formula is C20H24O2. The molecule has 0 aliphatic heterocycles. The van der Waals surface area contributed by atoms with Gasteiger partial charge in [0, 0.05) is 5.41 Å². The zero-order valence-corrected chi connectivity index (χ0v) is 13.3. The number of hydrogen-bond donors (Lipinski definition) is 2. The summed E-state index contributed by atoms with van der Waals surface area (Å²) in [5.74, 6) is 1.77. The van der Waals surface area contributed by atoms with Gasteiger partial charge in [-0.2, -0.15) is 0 Å². The van der Waals surface area contributed by atoms with Crippen LogP contribution in [0.15, 0.2) is 48.5 Å². The molecule has 22 heavy (non-hydrogen) atoms. The SMILES string of the molecule is CC1CCCC(c2ccc(O)cc2)(c2ccc(O)cc2)C1C. The molecule has 2 heteroatoms. The van der Waals surface area contributed by atoms with Gasteiger partial charge in [-0.05, 0) is 53.6 Å². The van der Waals surface area contributed by atoms with Crippen LogP contribution >= 0.6 is 0 Å². The lowest BCUT2D eigenvalue weighted by Crippen LogP contribution is -2.41. The summed E-state index contributed by atoms with van der Waals surface area (Å²) in [4.78, 5) is 0. The minimum atomic E-state index is -0.0426. The van der Waals surface area contributed by atoms with E-state index in [1.165, 1.54) is 24.0 Å². The van der Waals surface area contributed by atoms with Crippen LogP contribution in [-0.4, -0.2) is 10.2 Å². The fourth-order valence-electron chi connectivity index (χ4n) is 4.17. The third-order valence-corrected chi connectivity index (χ3v) is 5.63. The van der Waals surface area contributed by atoms with Crippen molar-refractivity contribution in [2.75, 3.05) is 0 Å². The van der Waals surface area contributed by atoms with Crippen molar-refractivity contribution in [3.63, 3.8) is 0 Å². The molecule has 2 atom stereocenters. The van der Waals surface area contributed by atoms with Gasteiger partial charge in [0.2, 0.25) is 0 Å². The smallest absolute Gasteiger partial charge is 0.115 e. The quantitative estimate of drug-likeness (QED) is 0.832. The van der Waals surface area contributed by atoms with Gasteiger partial charge in [-0.15, -0.1) is 0 Å². The highest BCUT2D eigenvalue weighted by atomic mass is 16.3. The maximum Gasteiger partial charge on any atom is 0.115 e. The number of hydrogen-bond acceptors (Lipinski definition) is 2. The largest absolute Gasteiger partial charge is 0.508 e. The van der Waals surface area contributed by atoms with Gasteiger partial charge in [-0.1, -0.05) is 51.0 Å². The van der Waals surface area contributed by atoms with Crippen molar-refractivity contribution >= 4 is 0 Å². The average Bonchev–Trinajstić information content (AvgIpc) is 2.52. The number of phenolic OH excluding ortho intramolecular Hbond substituents is 2. The van der Waals surface area contributed by atoms with Crippen molar-refractivity contribution in [1.82, 2.24) is 0 Å². The van der Waals surface area contributed by atoms with E-state index in [0.717, 1.165) is 6.42 Å². The van der Waals surface area contributed by atoms with Crippen molar-refractivity contribution in [2.24, 2.45) is 11.8 Å². The van der Waals surface area contributed by atoms with Crippen molar-refractivity contribution < 1.29 is 10.2 Å². The highest BCUT2D eigenvalue weighted by molar-refractivity contribution is 5.44. The molecule has 0 spiro atoms. The predicted molar refractivity (Wildman–Crippen MR) is 89.2 cm³/mol. The maximum atomic E-state index is 9.63. The maximum absolute atomic E-state index is 9.63. The normalized spacial score (nSPS) is 24.1. The van der Waals surface area contributed by atoms with E-state index in [0.29, 0.717) is 23.3 Å². The fraction of sp³-hybridized carbons (Fsp3) is 0.400. The predicted octanol–water partition coefficient (Wildman–Crippen LogP) is 4.84. The molecular weight excluding hydrogens is 272 g/mol. The Morgan fingerprint density at radius 2 is 1.27 bits per heavy atom. The van der Waals surface area contributed by atoms with Crippen LogP contribution in [0.1, 0.15) is 44.2 Å². The highest BCUT2D eigenvalue weighted by Crippen LogP contribution is 2.51. The number of rotatable bonds is 2. The van der Waals surface area contributed by atoms with Crippen LogP contribution in [0.2, 0.25) is 0 Å². The van der Waals surface area contributed by atoms with Gasteiger partial charge in [0.1, 0.15) is 11.5 Å². The Morgan fingerprint density at radius 1 is 0.818 bits per heavy atom. The molecule has 2 N–H and O–H groups in total. The standard InChI is InChI=1S/C20H24O2/c1-14-4-3-13-20(15(14)2,16-5-9-18(21)10-6-16)17-7-11-19(22)12-8-17/h5-12,14-15,21-22H,3-4,13H2,1-2H3. The van der Waals surface area contributed by atoms with E-state index in [4.69, 9.17) is 0 Å². The molecule has 3 rings (SSSR count). The van der Waals surface area contributed by atoms with Gasteiger partial charge in [0.15, 0.2) is 0 Å². The van der Waals surface area contributed by atoms with Crippen molar-refractivity contribution in [3.05, 3.63) is 59.7 Å². The van der Waals surface area contributed by atoms with Gasteiger partial charge in [-0.25, -0.2) is 0 Å². The Hall–Kier alpha value is -1.96. The molecule has 0 aromatic heterocycles.